The van der Waals surface area contributed by atoms with Crippen molar-refractivity contribution >= 4 is 39.9 Å². The summed E-state index contributed by atoms with van der Waals surface area (Å²) in [5.41, 5.74) is 7.02. The summed E-state index contributed by atoms with van der Waals surface area (Å²) in [4.78, 5) is 11.8. The fraction of sp³-hybridized carbons (Fsp3) is 0.0714. The smallest absolute Gasteiger partial charge is 0.262 e. The first-order valence-electron chi connectivity index (χ1n) is 5.68. The van der Waals surface area contributed by atoms with Gasteiger partial charge in [-0.2, -0.15) is 0 Å². The molecule has 4 nitrogen and oxygen atoms in total. The molecule has 0 saturated carbocycles. The summed E-state index contributed by atoms with van der Waals surface area (Å²) in [6, 6.07) is 14.6. The maximum Gasteiger partial charge on any atom is 0.262 e. The minimum atomic E-state index is -0.215. The van der Waals surface area contributed by atoms with Crippen molar-refractivity contribution in [2.24, 2.45) is 0 Å². The van der Waals surface area contributed by atoms with E-state index in [-0.39, 0.29) is 12.5 Å². The number of anilines is 2. The van der Waals surface area contributed by atoms with Gasteiger partial charge in [0.05, 0.1) is 11.4 Å². The van der Waals surface area contributed by atoms with Crippen LogP contribution in [-0.2, 0) is 4.79 Å². The number of hydrogen-bond acceptors (Lipinski definition) is 3. The molecule has 5 heteroatoms. The lowest BCUT2D eigenvalue weighted by molar-refractivity contribution is -0.118. The zero-order valence-corrected chi connectivity index (χ0v) is 12.3. The first-order chi connectivity index (χ1) is 9.16. The Morgan fingerprint density at radius 2 is 1.84 bits per heavy atom. The number of benzene rings is 2. The number of nitrogens with two attached hydrogens (primary N) is 1. The summed E-state index contributed by atoms with van der Waals surface area (Å²) in [6.45, 7) is -0.0703. The second-order valence-electron chi connectivity index (χ2n) is 3.85. The molecule has 0 saturated heterocycles. The molecule has 2 rings (SSSR count). The average Bonchev–Trinajstić information content (AvgIpc) is 2.40. The zero-order valence-electron chi connectivity index (χ0n) is 10.1. The Morgan fingerprint density at radius 3 is 2.58 bits per heavy atom. The molecule has 0 aliphatic carbocycles. The van der Waals surface area contributed by atoms with Crippen LogP contribution in [0.2, 0.25) is 0 Å². The third kappa shape index (κ3) is 3.85. The standard InChI is InChI=1S/C14H13IN2O2/c15-10-5-1-3-7-12(10)17-14(18)9-19-13-8-4-2-6-11(13)16/h1-8H,9,16H2,(H,17,18). The van der Waals surface area contributed by atoms with Crippen LogP contribution < -0.4 is 15.8 Å². The molecule has 0 unspecified atom stereocenters. The summed E-state index contributed by atoms with van der Waals surface area (Å²) < 4.78 is 6.35. The molecule has 1 amide bonds. The number of hydrogen-bond donors (Lipinski definition) is 2. The largest absolute Gasteiger partial charge is 0.482 e. The molecule has 0 aromatic heterocycles. The fourth-order valence-corrected chi connectivity index (χ4v) is 2.03. The van der Waals surface area contributed by atoms with E-state index in [9.17, 15) is 4.79 Å². The third-order valence-corrected chi connectivity index (χ3v) is 3.37. The van der Waals surface area contributed by atoms with Crippen LogP contribution in [0, 0.1) is 3.57 Å². The Kier molecular flexibility index (Phi) is 4.62. The Hall–Kier alpha value is -1.76. The van der Waals surface area contributed by atoms with Gasteiger partial charge in [0.25, 0.3) is 5.91 Å². The Bertz CT molecular complexity index is 587. The lowest BCUT2D eigenvalue weighted by atomic mass is 10.3. The molecule has 0 aliphatic rings. The van der Waals surface area contributed by atoms with Gasteiger partial charge in [-0.05, 0) is 46.9 Å². The Labute approximate surface area is 125 Å². The number of para-hydroxylation sites is 3. The van der Waals surface area contributed by atoms with Crippen LogP contribution in [0.1, 0.15) is 0 Å². The predicted molar refractivity (Wildman–Crippen MR) is 84.1 cm³/mol. The van der Waals surface area contributed by atoms with Gasteiger partial charge in [0, 0.05) is 3.57 Å². The summed E-state index contributed by atoms with van der Waals surface area (Å²) in [5.74, 6) is 0.299. The number of amides is 1. The molecule has 0 spiro atoms. The molecule has 3 N–H and O–H groups in total. The van der Waals surface area contributed by atoms with Crippen LogP contribution in [0.15, 0.2) is 48.5 Å². The summed E-state index contributed by atoms with van der Waals surface area (Å²) in [7, 11) is 0. The Balaban J connectivity index is 1.92. The van der Waals surface area contributed by atoms with E-state index in [1.807, 2.05) is 36.4 Å². The van der Waals surface area contributed by atoms with Crippen molar-refractivity contribution in [3.63, 3.8) is 0 Å². The molecule has 2 aromatic rings. The van der Waals surface area contributed by atoms with Crippen molar-refractivity contribution in [3.05, 3.63) is 52.1 Å². The quantitative estimate of drug-likeness (QED) is 0.645. The van der Waals surface area contributed by atoms with E-state index in [1.54, 1.807) is 12.1 Å². The van der Waals surface area contributed by atoms with Crippen molar-refractivity contribution < 1.29 is 9.53 Å². The van der Waals surface area contributed by atoms with E-state index >= 15 is 0 Å². The van der Waals surface area contributed by atoms with E-state index in [4.69, 9.17) is 10.5 Å². The molecule has 0 radical (unpaired) electrons. The van der Waals surface area contributed by atoms with Gasteiger partial charge in [-0.1, -0.05) is 24.3 Å². The highest BCUT2D eigenvalue weighted by molar-refractivity contribution is 14.1. The monoisotopic (exact) mass is 368 g/mol. The maximum absolute atomic E-state index is 11.8. The number of carbonyl (C=O) groups is 1. The molecule has 98 valence electrons. The zero-order chi connectivity index (χ0) is 13.7. The van der Waals surface area contributed by atoms with E-state index in [0.29, 0.717) is 11.4 Å². The number of nitrogen functional groups attached to an aromatic ring is 1. The molecule has 0 heterocycles. The highest BCUT2D eigenvalue weighted by Gasteiger charge is 2.07. The van der Waals surface area contributed by atoms with Gasteiger partial charge in [0.1, 0.15) is 5.75 Å². The van der Waals surface area contributed by atoms with E-state index in [0.717, 1.165) is 9.26 Å². The Morgan fingerprint density at radius 1 is 1.16 bits per heavy atom. The lowest BCUT2D eigenvalue weighted by Crippen LogP contribution is -2.20. The van der Waals surface area contributed by atoms with Crippen molar-refractivity contribution in [1.82, 2.24) is 0 Å². The molecule has 0 aliphatic heterocycles. The first kappa shape index (κ1) is 13.7. The topological polar surface area (TPSA) is 64.3 Å². The minimum Gasteiger partial charge on any atom is -0.482 e. The fourth-order valence-electron chi connectivity index (χ4n) is 1.50. The number of carbonyl (C=O) groups excluding carboxylic acids is 1. The van der Waals surface area contributed by atoms with Crippen molar-refractivity contribution in [3.8, 4) is 5.75 Å². The third-order valence-electron chi connectivity index (χ3n) is 2.43. The molecular formula is C14H13IN2O2. The second kappa shape index (κ2) is 6.42. The van der Waals surface area contributed by atoms with Gasteiger partial charge in [-0.25, -0.2) is 0 Å². The van der Waals surface area contributed by atoms with Gasteiger partial charge in [-0.15, -0.1) is 0 Å². The molecule has 19 heavy (non-hydrogen) atoms. The van der Waals surface area contributed by atoms with Crippen molar-refractivity contribution in [2.75, 3.05) is 17.7 Å². The van der Waals surface area contributed by atoms with E-state index < -0.39 is 0 Å². The van der Waals surface area contributed by atoms with Gasteiger partial charge in [-0.3, -0.25) is 4.79 Å². The van der Waals surface area contributed by atoms with Crippen LogP contribution in [0.3, 0.4) is 0 Å². The van der Waals surface area contributed by atoms with Crippen LogP contribution >= 0.6 is 22.6 Å². The number of nitrogens with one attached hydrogen (secondary N) is 1. The van der Waals surface area contributed by atoms with Gasteiger partial charge in [0.15, 0.2) is 6.61 Å². The van der Waals surface area contributed by atoms with Crippen LogP contribution in [0.25, 0.3) is 0 Å². The van der Waals surface area contributed by atoms with Crippen LogP contribution in [0.5, 0.6) is 5.75 Å². The van der Waals surface area contributed by atoms with E-state index in [1.165, 1.54) is 0 Å². The minimum absolute atomic E-state index is 0.0703. The maximum atomic E-state index is 11.8. The van der Waals surface area contributed by atoms with Gasteiger partial charge >= 0.3 is 0 Å². The number of rotatable bonds is 4. The highest BCUT2D eigenvalue weighted by Crippen LogP contribution is 2.20. The molecule has 0 fully saturated rings. The lowest BCUT2D eigenvalue weighted by Gasteiger charge is -2.10. The highest BCUT2D eigenvalue weighted by atomic mass is 127. The van der Waals surface area contributed by atoms with Gasteiger partial charge in [0.2, 0.25) is 0 Å². The molecule has 2 aromatic carbocycles. The summed E-state index contributed by atoms with van der Waals surface area (Å²) in [6.07, 6.45) is 0. The normalized spacial score (nSPS) is 9.95. The van der Waals surface area contributed by atoms with Gasteiger partial charge < -0.3 is 15.8 Å². The van der Waals surface area contributed by atoms with Crippen molar-refractivity contribution in [2.45, 2.75) is 0 Å². The van der Waals surface area contributed by atoms with Crippen LogP contribution in [0.4, 0.5) is 11.4 Å². The summed E-state index contributed by atoms with van der Waals surface area (Å²) in [5, 5.41) is 2.79. The number of ether oxygens (including phenoxy) is 1. The summed E-state index contributed by atoms with van der Waals surface area (Å²) >= 11 is 2.16. The van der Waals surface area contributed by atoms with Crippen molar-refractivity contribution in [1.29, 1.82) is 0 Å². The van der Waals surface area contributed by atoms with Crippen LogP contribution in [-0.4, -0.2) is 12.5 Å². The molecule has 0 atom stereocenters. The first-order valence-corrected chi connectivity index (χ1v) is 6.76. The van der Waals surface area contributed by atoms with E-state index in [2.05, 4.69) is 27.9 Å². The molecule has 0 bridgehead atoms. The average molecular weight is 368 g/mol. The SMILES string of the molecule is Nc1ccccc1OCC(=O)Nc1ccccc1I. The molecular weight excluding hydrogens is 355 g/mol. The number of halogens is 1. The second-order valence-corrected chi connectivity index (χ2v) is 5.02. The predicted octanol–water partition coefficient (Wildman–Crippen LogP) is 2.89.